The Morgan fingerprint density at radius 3 is 1.09 bits per heavy atom. The first-order valence-corrected chi connectivity index (χ1v) is 22.2. The molecule has 0 aliphatic carbocycles. The van der Waals surface area contributed by atoms with Gasteiger partial charge in [0.25, 0.3) is 0 Å². The Hall–Kier alpha value is -7.88. The summed E-state index contributed by atoms with van der Waals surface area (Å²) in [4.78, 5) is 7.02. The molecule has 0 aromatic heterocycles. The summed E-state index contributed by atoms with van der Waals surface area (Å²) in [5, 5.41) is 0. The maximum Gasteiger partial charge on any atom is 0.0464 e. The highest BCUT2D eigenvalue weighted by Gasteiger charge is 2.19. The van der Waals surface area contributed by atoms with E-state index in [0.29, 0.717) is 0 Å². The lowest BCUT2D eigenvalue weighted by atomic mass is 9.95. The first-order valence-electron chi connectivity index (χ1n) is 22.2. The molecule has 3 heteroatoms. The van der Waals surface area contributed by atoms with E-state index in [4.69, 9.17) is 0 Å². The van der Waals surface area contributed by atoms with Gasteiger partial charge in [-0.1, -0.05) is 139 Å². The monoisotopic (exact) mass is 827 g/mol. The molecular weight excluding hydrogens is 775 g/mol. The van der Waals surface area contributed by atoms with Crippen LogP contribution in [-0.4, -0.2) is 0 Å². The minimum Gasteiger partial charge on any atom is -0.311 e. The van der Waals surface area contributed by atoms with Crippen LogP contribution in [0.3, 0.4) is 0 Å². The van der Waals surface area contributed by atoms with Crippen LogP contribution < -0.4 is 14.7 Å². The number of anilines is 9. The number of nitrogens with zero attached hydrogens (tertiary/aromatic N) is 3. The summed E-state index contributed by atoms with van der Waals surface area (Å²) in [6, 6.07) is 85.3. The van der Waals surface area contributed by atoms with Crippen molar-refractivity contribution in [1.82, 2.24) is 0 Å². The van der Waals surface area contributed by atoms with Gasteiger partial charge in [0.1, 0.15) is 0 Å². The van der Waals surface area contributed by atoms with E-state index in [2.05, 4.69) is 278 Å². The first kappa shape index (κ1) is 41.5. The van der Waals surface area contributed by atoms with E-state index in [9.17, 15) is 0 Å². The summed E-state index contributed by atoms with van der Waals surface area (Å²) < 4.78 is 0. The molecule has 0 bridgehead atoms. The van der Waals surface area contributed by atoms with Crippen LogP contribution in [0.2, 0.25) is 0 Å². The molecule has 0 radical (unpaired) electrons. The molecule has 0 saturated carbocycles. The predicted molar refractivity (Wildman–Crippen MR) is 274 cm³/mol. The Labute approximate surface area is 379 Å². The number of hydrogen-bond donors (Lipinski definition) is 0. The van der Waals surface area contributed by atoms with E-state index < -0.39 is 0 Å². The molecule has 9 aromatic rings. The van der Waals surface area contributed by atoms with Gasteiger partial charge in [-0.2, -0.15) is 0 Å². The summed E-state index contributed by atoms with van der Waals surface area (Å²) in [5.41, 5.74) is 18.7. The van der Waals surface area contributed by atoms with Gasteiger partial charge in [0.05, 0.1) is 0 Å². The molecule has 9 rings (SSSR count). The van der Waals surface area contributed by atoms with Crippen LogP contribution >= 0.6 is 0 Å². The normalized spacial score (nSPS) is 11.3. The fraction of sp³-hybridized carbons (Fsp3) is 0.0820. The van der Waals surface area contributed by atoms with E-state index in [1.165, 1.54) is 39.0 Å². The van der Waals surface area contributed by atoms with E-state index in [1.807, 2.05) is 0 Å². The molecule has 3 nitrogen and oxygen atoms in total. The van der Waals surface area contributed by atoms with Gasteiger partial charge in [0.2, 0.25) is 0 Å². The third-order valence-electron chi connectivity index (χ3n) is 11.7. The van der Waals surface area contributed by atoms with E-state index >= 15 is 0 Å². The molecule has 0 saturated heterocycles. The zero-order valence-electron chi connectivity index (χ0n) is 36.8. The molecule has 0 aliphatic rings. The lowest BCUT2D eigenvalue weighted by Crippen LogP contribution is -2.13. The lowest BCUT2D eigenvalue weighted by molar-refractivity contribution is 1.02. The Kier molecular flexibility index (Phi) is 12.6. The standard InChI is InChI=1S/C61H53N3/c1-46-16-13-21-50(42-46)45-52(29-28-49-19-7-4-8-20-49)51-30-32-55(33-31-51)62(56-34-38-58(39-35-56)63(53-22-9-5-10-23-53)60-26-14-17-47(2)43-60)57-36-40-59(41-37-57)64(54-24-11-6-12-25-54)61-27-15-18-48(3)44-61/h4-27,30-45H,28-29H2,1-3H3/b52-45-. The summed E-state index contributed by atoms with van der Waals surface area (Å²) in [5.74, 6) is 0. The summed E-state index contributed by atoms with van der Waals surface area (Å²) >= 11 is 0. The van der Waals surface area contributed by atoms with Gasteiger partial charge in [-0.3, -0.25) is 0 Å². The van der Waals surface area contributed by atoms with Gasteiger partial charge < -0.3 is 14.7 Å². The first-order chi connectivity index (χ1) is 31.4. The van der Waals surface area contributed by atoms with Crippen LogP contribution in [0.15, 0.2) is 237 Å². The topological polar surface area (TPSA) is 9.72 Å². The minimum absolute atomic E-state index is 0.932. The Morgan fingerprint density at radius 2 is 0.672 bits per heavy atom. The minimum atomic E-state index is 0.932. The Bertz CT molecular complexity index is 2810. The van der Waals surface area contributed by atoms with Crippen LogP contribution in [0.1, 0.15) is 39.8 Å². The van der Waals surface area contributed by atoms with Crippen molar-refractivity contribution < 1.29 is 0 Å². The predicted octanol–water partition coefficient (Wildman–Crippen LogP) is 17.2. The van der Waals surface area contributed by atoms with Gasteiger partial charge in [-0.25, -0.2) is 0 Å². The molecule has 312 valence electrons. The van der Waals surface area contributed by atoms with Gasteiger partial charge in [-0.05, 0) is 176 Å². The van der Waals surface area contributed by atoms with Gasteiger partial charge >= 0.3 is 0 Å². The molecule has 0 atom stereocenters. The lowest BCUT2D eigenvalue weighted by Gasteiger charge is -2.29. The number of allylic oxidation sites excluding steroid dienone is 1. The third-order valence-corrected chi connectivity index (χ3v) is 11.7. The average molecular weight is 828 g/mol. The van der Waals surface area contributed by atoms with Crippen LogP contribution in [0.4, 0.5) is 51.2 Å². The Morgan fingerprint density at radius 1 is 0.328 bits per heavy atom. The van der Waals surface area contributed by atoms with Crippen LogP contribution in [0, 0.1) is 20.8 Å². The molecule has 0 aliphatic heterocycles. The zero-order valence-corrected chi connectivity index (χ0v) is 36.8. The second kappa shape index (κ2) is 19.4. The van der Waals surface area contributed by atoms with Crippen molar-refractivity contribution in [1.29, 1.82) is 0 Å². The van der Waals surface area contributed by atoms with Crippen molar-refractivity contribution in [2.24, 2.45) is 0 Å². The number of rotatable bonds is 14. The molecular formula is C61H53N3. The number of benzene rings is 9. The highest BCUT2D eigenvalue weighted by atomic mass is 15.2. The molecule has 0 fully saturated rings. The summed E-state index contributed by atoms with van der Waals surface area (Å²) in [6.07, 6.45) is 4.26. The van der Waals surface area contributed by atoms with Crippen molar-refractivity contribution in [2.45, 2.75) is 33.6 Å². The largest absolute Gasteiger partial charge is 0.311 e. The third kappa shape index (κ3) is 9.75. The van der Waals surface area contributed by atoms with Crippen molar-refractivity contribution in [3.8, 4) is 0 Å². The van der Waals surface area contributed by atoms with Gasteiger partial charge in [0, 0.05) is 51.2 Å². The van der Waals surface area contributed by atoms with Crippen molar-refractivity contribution >= 4 is 62.8 Å². The Balaban J connectivity index is 1.12. The van der Waals surface area contributed by atoms with Crippen molar-refractivity contribution in [3.63, 3.8) is 0 Å². The fourth-order valence-electron chi connectivity index (χ4n) is 8.54. The van der Waals surface area contributed by atoms with Crippen LogP contribution in [0.5, 0.6) is 0 Å². The van der Waals surface area contributed by atoms with Gasteiger partial charge in [-0.15, -0.1) is 0 Å². The SMILES string of the molecule is Cc1cccc(/C=C(/CCc2ccccc2)c2ccc(N(c3ccc(N(c4ccccc4)c4cccc(C)c4)cc3)c3ccc(N(c4ccccc4)c4cccc(C)c4)cc3)cc2)c1. The second-order valence-corrected chi connectivity index (χ2v) is 16.5. The van der Waals surface area contributed by atoms with Crippen LogP contribution in [0.25, 0.3) is 11.6 Å². The highest BCUT2D eigenvalue weighted by molar-refractivity contribution is 5.86. The van der Waals surface area contributed by atoms with E-state index in [1.54, 1.807) is 0 Å². The quantitative estimate of drug-likeness (QED) is 0.101. The van der Waals surface area contributed by atoms with Gasteiger partial charge in [0.15, 0.2) is 0 Å². The van der Waals surface area contributed by atoms with Crippen LogP contribution in [-0.2, 0) is 6.42 Å². The maximum absolute atomic E-state index is 2.37. The molecule has 9 aromatic carbocycles. The van der Waals surface area contributed by atoms with Crippen molar-refractivity contribution in [2.75, 3.05) is 14.7 Å². The number of hydrogen-bond acceptors (Lipinski definition) is 3. The van der Waals surface area contributed by atoms with E-state index in [-0.39, 0.29) is 0 Å². The fourth-order valence-corrected chi connectivity index (χ4v) is 8.54. The smallest absolute Gasteiger partial charge is 0.0464 e. The zero-order chi connectivity index (χ0) is 43.7. The molecule has 0 spiro atoms. The highest BCUT2D eigenvalue weighted by Crippen LogP contribution is 2.42. The molecule has 0 amide bonds. The second-order valence-electron chi connectivity index (χ2n) is 16.5. The maximum atomic E-state index is 2.37. The average Bonchev–Trinajstić information content (AvgIpc) is 3.33. The summed E-state index contributed by atoms with van der Waals surface area (Å²) in [6.45, 7) is 6.45. The summed E-state index contributed by atoms with van der Waals surface area (Å²) in [7, 11) is 0. The molecule has 0 heterocycles. The van der Waals surface area contributed by atoms with E-state index in [0.717, 1.165) is 64.0 Å². The molecule has 0 unspecified atom stereocenters. The van der Waals surface area contributed by atoms with Crippen molar-refractivity contribution in [3.05, 3.63) is 270 Å². The molecule has 64 heavy (non-hydrogen) atoms. The molecule has 0 N–H and O–H groups in total. The number of para-hydroxylation sites is 2. The number of aryl methyl sites for hydroxylation is 4.